The van der Waals surface area contributed by atoms with Crippen molar-refractivity contribution in [2.75, 3.05) is 5.73 Å². The van der Waals surface area contributed by atoms with Crippen LogP contribution in [0.1, 0.15) is 28.9 Å². The molecule has 20 heavy (non-hydrogen) atoms. The summed E-state index contributed by atoms with van der Waals surface area (Å²) in [7, 11) is 0. The summed E-state index contributed by atoms with van der Waals surface area (Å²) in [5.41, 5.74) is 7.69. The third-order valence-electron chi connectivity index (χ3n) is 2.95. The SMILES string of the molecule is C[C@H](NC(=O)c1ccc(Br)cc1N)c1cccc(Cl)c1. The van der Waals surface area contributed by atoms with E-state index in [9.17, 15) is 4.79 Å². The molecule has 0 radical (unpaired) electrons. The second kappa shape index (κ2) is 6.29. The Labute approximate surface area is 131 Å². The van der Waals surface area contributed by atoms with Gasteiger partial charge in [0.15, 0.2) is 0 Å². The monoisotopic (exact) mass is 352 g/mol. The maximum absolute atomic E-state index is 12.2. The van der Waals surface area contributed by atoms with Gasteiger partial charge in [0.2, 0.25) is 0 Å². The third-order valence-corrected chi connectivity index (χ3v) is 3.68. The van der Waals surface area contributed by atoms with Crippen LogP contribution in [0.5, 0.6) is 0 Å². The molecule has 0 saturated carbocycles. The molecule has 0 unspecified atom stereocenters. The molecule has 3 nitrogen and oxygen atoms in total. The molecule has 0 aliphatic rings. The minimum Gasteiger partial charge on any atom is -0.398 e. The zero-order valence-corrected chi connectivity index (χ0v) is 13.2. The number of hydrogen-bond acceptors (Lipinski definition) is 2. The lowest BCUT2D eigenvalue weighted by Gasteiger charge is -2.15. The van der Waals surface area contributed by atoms with Gasteiger partial charge in [-0.1, -0.05) is 39.7 Å². The number of nitrogens with one attached hydrogen (secondary N) is 1. The molecule has 2 rings (SSSR count). The standard InChI is InChI=1S/C15H14BrClN2O/c1-9(10-3-2-4-12(17)7-10)19-15(20)13-6-5-11(16)8-14(13)18/h2-9H,18H2,1H3,(H,19,20)/t9-/m0/s1. The van der Waals surface area contributed by atoms with E-state index < -0.39 is 0 Å². The van der Waals surface area contributed by atoms with E-state index >= 15 is 0 Å². The van der Waals surface area contributed by atoms with E-state index in [1.807, 2.05) is 25.1 Å². The highest BCUT2D eigenvalue weighted by atomic mass is 79.9. The Hall–Kier alpha value is -1.52. The van der Waals surface area contributed by atoms with Gasteiger partial charge in [0.25, 0.3) is 5.91 Å². The topological polar surface area (TPSA) is 55.1 Å². The Kier molecular flexibility index (Phi) is 4.68. The predicted molar refractivity (Wildman–Crippen MR) is 85.9 cm³/mol. The number of carbonyl (C=O) groups is 1. The first kappa shape index (κ1) is 14.9. The maximum atomic E-state index is 12.2. The first-order chi connectivity index (χ1) is 9.47. The minimum absolute atomic E-state index is 0.149. The van der Waals surface area contributed by atoms with Gasteiger partial charge in [-0.15, -0.1) is 0 Å². The van der Waals surface area contributed by atoms with Crippen molar-refractivity contribution in [1.29, 1.82) is 0 Å². The lowest BCUT2D eigenvalue weighted by molar-refractivity contribution is 0.0941. The quantitative estimate of drug-likeness (QED) is 0.813. The van der Waals surface area contributed by atoms with E-state index in [4.69, 9.17) is 17.3 Å². The van der Waals surface area contributed by atoms with Crippen LogP contribution in [0.25, 0.3) is 0 Å². The molecule has 0 heterocycles. The van der Waals surface area contributed by atoms with Crippen LogP contribution in [0.3, 0.4) is 0 Å². The van der Waals surface area contributed by atoms with E-state index in [2.05, 4.69) is 21.2 Å². The fourth-order valence-corrected chi connectivity index (χ4v) is 2.45. The number of amides is 1. The number of halogens is 2. The van der Waals surface area contributed by atoms with Gasteiger partial charge >= 0.3 is 0 Å². The Balaban J connectivity index is 2.15. The number of anilines is 1. The molecule has 5 heteroatoms. The van der Waals surface area contributed by atoms with Gasteiger partial charge in [-0.3, -0.25) is 4.79 Å². The zero-order chi connectivity index (χ0) is 14.7. The highest BCUT2D eigenvalue weighted by molar-refractivity contribution is 9.10. The van der Waals surface area contributed by atoms with E-state index in [-0.39, 0.29) is 11.9 Å². The Bertz CT molecular complexity index is 646. The molecule has 104 valence electrons. The molecule has 0 fully saturated rings. The van der Waals surface area contributed by atoms with Gasteiger partial charge in [0.1, 0.15) is 0 Å². The number of hydrogen-bond donors (Lipinski definition) is 2. The number of benzene rings is 2. The fourth-order valence-electron chi connectivity index (χ4n) is 1.87. The second-order valence-corrected chi connectivity index (χ2v) is 5.83. The van der Waals surface area contributed by atoms with Crippen molar-refractivity contribution in [2.24, 2.45) is 0 Å². The molecule has 0 aromatic heterocycles. The van der Waals surface area contributed by atoms with Crippen LogP contribution >= 0.6 is 27.5 Å². The number of carbonyl (C=O) groups excluding carboxylic acids is 1. The van der Waals surface area contributed by atoms with Crippen molar-refractivity contribution in [2.45, 2.75) is 13.0 Å². The van der Waals surface area contributed by atoms with Crippen molar-refractivity contribution in [1.82, 2.24) is 5.32 Å². The summed E-state index contributed by atoms with van der Waals surface area (Å²) in [6.45, 7) is 1.90. The molecule has 1 atom stereocenters. The van der Waals surface area contributed by atoms with Crippen LogP contribution in [0.2, 0.25) is 5.02 Å². The predicted octanol–water partition coefficient (Wildman–Crippen LogP) is 4.18. The zero-order valence-electron chi connectivity index (χ0n) is 10.9. The average molecular weight is 354 g/mol. The minimum atomic E-state index is -0.206. The van der Waals surface area contributed by atoms with Crippen LogP contribution < -0.4 is 11.1 Å². The lowest BCUT2D eigenvalue weighted by atomic mass is 10.1. The van der Waals surface area contributed by atoms with E-state index in [0.29, 0.717) is 16.3 Å². The van der Waals surface area contributed by atoms with Gasteiger partial charge in [0.05, 0.1) is 11.6 Å². The van der Waals surface area contributed by atoms with Crippen molar-refractivity contribution < 1.29 is 4.79 Å². The second-order valence-electron chi connectivity index (χ2n) is 4.48. The molecule has 0 saturated heterocycles. The van der Waals surface area contributed by atoms with Gasteiger partial charge < -0.3 is 11.1 Å². The van der Waals surface area contributed by atoms with Gasteiger partial charge in [-0.25, -0.2) is 0 Å². The molecular formula is C15H14BrClN2O. The number of nitrogen functional groups attached to an aromatic ring is 1. The summed E-state index contributed by atoms with van der Waals surface area (Å²) < 4.78 is 0.842. The number of nitrogens with two attached hydrogens (primary N) is 1. The first-order valence-corrected chi connectivity index (χ1v) is 7.26. The molecule has 2 aromatic rings. The van der Waals surface area contributed by atoms with Crippen LogP contribution in [-0.2, 0) is 0 Å². The van der Waals surface area contributed by atoms with Crippen LogP contribution in [-0.4, -0.2) is 5.91 Å². The summed E-state index contributed by atoms with van der Waals surface area (Å²) >= 11 is 9.26. The van der Waals surface area contributed by atoms with Gasteiger partial charge in [-0.2, -0.15) is 0 Å². The summed E-state index contributed by atoms with van der Waals surface area (Å²) in [6.07, 6.45) is 0. The normalized spacial score (nSPS) is 11.9. The van der Waals surface area contributed by atoms with Crippen LogP contribution in [0, 0.1) is 0 Å². The highest BCUT2D eigenvalue weighted by Gasteiger charge is 2.14. The van der Waals surface area contributed by atoms with Crippen LogP contribution in [0.4, 0.5) is 5.69 Å². The summed E-state index contributed by atoms with van der Waals surface area (Å²) in [5.74, 6) is -0.206. The molecule has 0 aliphatic heterocycles. The largest absolute Gasteiger partial charge is 0.398 e. The van der Waals surface area contributed by atoms with E-state index in [1.165, 1.54) is 0 Å². The van der Waals surface area contributed by atoms with Crippen molar-refractivity contribution in [3.63, 3.8) is 0 Å². The molecule has 2 aromatic carbocycles. The van der Waals surface area contributed by atoms with Crippen molar-refractivity contribution >= 4 is 39.1 Å². The molecule has 0 spiro atoms. The van der Waals surface area contributed by atoms with Gasteiger partial charge in [-0.05, 0) is 42.8 Å². The van der Waals surface area contributed by atoms with E-state index in [0.717, 1.165) is 10.0 Å². The smallest absolute Gasteiger partial charge is 0.253 e. The Morgan fingerprint density at radius 1 is 1.30 bits per heavy atom. The number of rotatable bonds is 3. The van der Waals surface area contributed by atoms with E-state index in [1.54, 1.807) is 24.3 Å². The van der Waals surface area contributed by atoms with Gasteiger partial charge in [0, 0.05) is 15.2 Å². The molecule has 3 N–H and O–H groups in total. The highest BCUT2D eigenvalue weighted by Crippen LogP contribution is 2.21. The molecule has 0 bridgehead atoms. The lowest BCUT2D eigenvalue weighted by Crippen LogP contribution is -2.27. The Morgan fingerprint density at radius 2 is 2.05 bits per heavy atom. The fraction of sp³-hybridized carbons (Fsp3) is 0.133. The van der Waals surface area contributed by atoms with Crippen molar-refractivity contribution in [3.05, 3.63) is 63.1 Å². The summed E-state index contributed by atoms with van der Waals surface area (Å²) in [6, 6.07) is 12.4. The van der Waals surface area contributed by atoms with Crippen molar-refractivity contribution in [3.8, 4) is 0 Å². The molecule has 1 amide bonds. The molecule has 0 aliphatic carbocycles. The summed E-state index contributed by atoms with van der Waals surface area (Å²) in [4.78, 5) is 12.2. The van der Waals surface area contributed by atoms with Crippen LogP contribution in [0.15, 0.2) is 46.9 Å². The molecular weight excluding hydrogens is 340 g/mol. The maximum Gasteiger partial charge on any atom is 0.253 e. The summed E-state index contributed by atoms with van der Waals surface area (Å²) in [5, 5.41) is 3.55. The Morgan fingerprint density at radius 3 is 2.70 bits per heavy atom. The average Bonchev–Trinajstić information content (AvgIpc) is 2.38. The third kappa shape index (κ3) is 3.52. The first-order valence-electron chi connectivity index (χ1n) is 6.08.